The predicted molar refractivity (Wildman–Crippen MR) is 131 cm³/mol. The van der Waals surface area contributed by atoms with Gasteiger partial charge in [0.25, 0.3) is 0 Å². The summed E-state index contributed by atoms with van der Waals surface area (Å²) in [6, 6.07) is 10.1. The number of hydrogen-bond acceptors (Lipinski definition) is 10. The van der Waals surface area contributed by atoms with Gasteiger partial charge in [-0.15, -0.1) is 5.10 Å². The van der Waals surface area contributed by atoms with E-state index in [-0.39, 0.29) is 5.41 Å². The molecule has 4 heterocycles. The number of ether oxygens (including phenoxy) is 1. The quantitative estimate of drug-likeness (QED) is 0.463. The SMILES string of the molecule is COc1cc(-c2nnnn2C)ccc1Nc1ncc2cc(C)nc(N3CCC(C)(C#N)CC3)c2n1. The second-order valence-electron chi connectivity index (χ2n) is 9.04. The third-order valence-electron chi connectivity index (χ3n) is 6.44. The first-order valence-corrected chi connectivity index (χ1v) is 11.4. The number of nitrogens with one attached hydrogen (secondary N) is 1. The number of methoxy groups -OCH3 is 1. The summed E-state index contributed by atoms with van der Waals surface area (Å²) in [5.74, 6) is 2.51. The lowest BCUT2D eigenvalue weighted by molar-refractivity contribution is 0.336. The van der Waals surface area contributed by atoms with Gasteiger partial charge in [0, 0.05) is 43.0 Å². The molecule has 4 aromatic rings. The van der Waals surface area contributed by atoms with Crippen molar-refractivity contribution in [2.75, 3.05) is 30.4 Å². The van der Waals surface area contributed by atoms with Crippen LogP contribution in [0, 0.1) is 23.7 Å². The molecule has 0 atom stereocenters. The van der Waals surface area contributed by atoms with Crippen LogP contribution in [-0.2, 0) is 7.05 Å². The van der Waals surface area contributed by atoms with Gasteiger partial charge in [-0.25, -0.2) is 19.6 Å². The number of benzene rings is 1. The number of piperidine rings is 1. The van der Waals surface area contributed by atoms with E-state index >= 15 is 0 Å². The molecule has 11 heteroatoms. The van der Waals surface area contributed by atoms with Gasteiger partial charge in [0.15, 0.2) is 11.6 Å². The lowest BCUT2D eigenvalue weighted by Crippen LogP contribution is -2.38. The zero-order chi connectivity index (χ0) is 24.6. The average Bonchev–Trinajstić information content (AvgIpc) is 3.30. The van der Waals surface area contributed by atoms with Crippen LogP contribution in [0.1, 0.15) is 25.5 Å². The van der Waals surface area contributed by atoms with Crippen molar-refractivity contribution in [3.05, 3.63) is 36.2 Å². The predicted octanol–water partition coefficient (Wildman–Crippen LogP) is 3.41. The fourth-order valence-electron chi connectivity index (χ4n) is 4.29. The molecular formula is C24H26N10O. The van der Waals surface area contributed by atoms with E-state index in [9.17, 15) is 5.26 Å². The van der Waals surface area contributed by atoms with Gasteiger partial charge in [0.2, 0.25) is 5.95 Å². The molecule has 35 heavy (non-hydrogen) atoms. The van der Waals surface area contributed by atoms with E-state index in [0.29, 0.717) is 17.5 Å². The minimum Gasteiger partial charge on any atom is -0.495 e. The summed E-state index contributed by atoms with van der Waals surface area (Å²) in [7, 11) is 3.39. The van der Waals surface area contributed by atoms with Gasteiger partial charge in [0.1, 0.15) is 11.3 Å². The minimum atomic E-state index is -0.290. The molecule has 0 amide bonds. The topological polar surface area (TPSA) is 131 Å². The van der Waals surface area contributed by atoms with Crippen LogP contribution in [0.3, 0.4) is 0 Å². The highest BCUT2D eigenvalue weighted by Crippen LogP contribution is 2.35. The molecule has 0 unspecified atom stereocenters. The monoisotopic (exact) mass is 470 g/mol. The molecule has 1 aliphatic heterocycles. The third-order valence-corrected chi connectivity index (χ3v) is 6.44. The number of rotatable bonds is 5. The fourth-order valence-corrected chi connectivity index (χ4v) is 4.29. The Morgan fingerprint density at radius 3 is 2.66 bits per heavy atom. The molecule has 1 saturated heterocycles. The Kier molecular flexibility index (Phi) is 5.64. The maximum Gasteiger partial charge on any atom is 0.227 e. The maximum absolute atomic E-state index is 9.49. The van der Waals surface area contributed by atoms with Crippen molar-refractivity contribution >= 4 is 28.4 Å². The van der Waals surface area contributed by atoms with Crippen molar-refractivity contribution in [1.29, 1.82) is 5.26 Å². The van der Waals surface area contributed by atoms with E-state index in [0.717, 1.165) is 59.6 Å². The Morgan fingerprint density at radius 2 is 1.97 bits per heavy atom. The summed E-state index contributed by atoms with van der Waals surface area (Å²) in [4.78, 5) is 16.4. The number of aromatic nitrogens is 7. The van der Waals surface area contributed by atoms with Gasteiger partial charge in [-0.05, 0) is 61.4 Å². The van der Waals surface area contributed by atoms with Crippen LogP contribution in [0.25, 0.3) is 22.3 Å². The van der Waals surface area contributed by atoms with Gasteiger partial charge >= 0.3 is 0 Å². The molecule has 1 N–H and O–H groups in total. The van der Waals surface area contributed by atoms with Crippen LogP contribution in [-0.4, -0.2) is 55.4 Å². The molecule has 1 aliphatic rings. The summed E-state index contributed by atoms with van der Waals surface area (Å²) < 4.78 is 7.21. The number of anilines is 3. The number of fused-ring (bicyclic) bond motifs is 1. The van der Waals surface area contributed by atoms with Crippen LogP contribution in [0.15, 0.2) is 30.5 Å². The van der Waals surface area contributed by atoms with Crippen LogP contribution >= 0.6 is 0 Å². The maximum atomic E-state index is 9.49. The highest BCUT2D eigenvalue weighted by atomic mass is 16.5. The largest absolute Gasteiger partial charge is 0.495 e. The Morgan fingerprint density at radius 1 is 1.17 bits per heavy atom. The molecule has 0 spiro atoms. The fraction of sp³-hybridized carbons (Fsp3) is 0.375. The standard InChI is InChI=1S/C24H26N10O/c1-15-11-17-13-26-23(29-20(17)22(27-15)34-9-7-24(2,14-25)8-10-34)28-18-6-5-16(12-19(18)35-4)21-30-31-32-33(21)3/h5-6,11-13H,7-10H2,1-4H3,(H,26,28,29). The lowest BCUT2D eigenvalue weighted by Gasteiger charge is -2.36. The van der Waals surface area contributed by atoms with Crippen molar-refractivity contribution in [3.63, 3.8) is 0 Å². The highest BCUT2D eigenvalue weighted by Gasteiger charge is 2.31. The number of aryl methyl sites for hydroxylation is 2. The van der Waals surface area contributed by atoms with E-state index in [1.807, 2.05) is 38.1 Å². The number of nitrogens with zero attached hydrogens (tertiary/aromatic N) is 9. The van der Waals surface area contributed by atoms with E-state index in [2.05, 4.69) is 36.8 Å². The van der Waals surface area contributed by atoms with Gasteiger partial charge in [-0.2, -0.15) is 5.26 Å². The molecule has 1 aromatic carbocycles. The minimum absolute atomic E-state index is 0.290. The van der Waals surface area contributed by atoms with Crippen LogP contribution < -0.4 is 15.0 Å². The summed E-state index contributed by atoms with van der Waals surface area (Å²) in [6.07, 6.45) is 3.39. The molecular weight excluding hydrogens is 444 g/mol. The zero-order valence-electron chi connectivity index (χ0n) is 20.1. The molecule has 11 nitrogen and oxygen atoms in total. The Labute approximate surface area is 202 Å². The third kappa shape index (κ3) is 4.30. The molecule has 0 saturated carbocycles. The van der Waals surface area contributed by atoms with Gasteiger partial charge in [0.05, 0.1) is 24.3 Å². The number of pyridine rings is 1. The van der Waals surface area contributed by atoms with Crippen LogP contribution in [0.4, 0.5) is 17.5 Å². The van der Waals surface area contributed by atoms with Gasteiger partial charge in [-0.3, -0.25) is 0 Å². The second-order valence-corrected chi connectivity index (χ2v) is 9.04. The first kappa shape index (κ1) is 22.5. The average molecular weight is 471 g/mol. The normalized spacial score (nSPS) is 15.1. The van der Waals surface area contributed by atoms with E-state index < -0.39 is 0 Å². The first-order valence-electron chi connectivity index (χ1n) is 11.4. The van der Waals surface area contributed by atoms with E-state index in [1.54, 1.807) is 25.0 Å². The number of tetrazole rings is 1. The molecule has 1 fully saturated rings. The first-order chi connectivity index (χ1) is 16.9. The van der Waals surface area contributed by atoms with Crippen molar-refractivity contribution in [1.82, 2.24) is 35.2 Å². The summed E-state index contributed by atoms with van der Waals surface area (Å²) in [5, 5.41) is 25.3. The molecule has 0 bridgehead atoms. The van der Waals surface area contributed by atoms with Crippen molar-refractivity contribution in [2.24, 2.45) is 12.5 Å². The zero-order valence-corrected chi connectivity index (χ0v) is 20.1. The number of nitriles is 1. The Hall–Kier alpha value is -4.33. The molecule has 0 radical (unpaired) electrons. The van der Waals surface area contributed by atoms with Gasteiger partial charge in [-0.1, -0.05) is 0 Å². The number of hydrogen-bond donors (Lipinski definition) is 1. The Balaban J connectivity index is 1.47. The van der Waals surface area contributed by atoms with Crippen molar-refractivity contribution in [2.45, 2.75) is 26.7 Å². The molecule has 3 aromatic heterocycles. The smallest absolute Gasteiger partial charge is 0.227 e. The summed E-state index contributed by atoms with van der Waals surface area (Å²) in [5.41, 5.74) is 2.93. The highest BCUT2D eigenvalue weighted by molar-refractivity contribution is 5.89. The summed E-state index contributed by atoms with van der Waals surface area (Å²) in [6.45, 7) is 5.51. The van der Waals surface area contributed by atoms with Crippen molar-refractivity contribution < 1.29 is 4.74 Å². The van der Waals surface area contributed by atoms with E-state index in [1.165, 1.54) is 0 Å². The van der Waals surface area contributed by atoms with Gasteiger partial charge < -0.3 is 15.0 Å². The Bertz CT molecular complexity index is 1430. The molecule has 0 aliphatic carbocycles. The molecule has 178 valence electrons. The second kappa shape index (κ2) is 8.79. The van der Waals surface area contributed by atoms with Crippen LogP contribution in [0.5, 0.6) is 5.75 Å². The van der Waals surface area contributed by atoms with Crippen LogP contribution in [0.2, 0.25) is 0 Å². The van der Waals surface area contributed by atoms with Crippen molar-refractivity contribution in [3.8, 4) is 23.2 Å². The van der Waals surface area contributed by atoms with E-state index in [4.69, 9.17) is 14.7 Å². The summed E-state index contributed by atoms with van der Waals surface area (Å²) >= 11 is 0. The molecule has 5 rings (SSSR count). The lowest BCUT2D eigenvalue weighted by atomic mass is 9.82.